The number of esters is 1. The average molecular weight is 342 g/mol. The van der Waals surface area contributed by atoms with Gasteiger partial charge in [0.15, 0.2) is 5.13 Å². The number of nitrogens with zero attached hydrogens (tertiary/aromatic N) is 2. The van der Waals surface area contributed by atoms with Gasteiger partial charge in [0.05, 0.1) is 12.2 Å². The van der Waals surface area contributed by atoms with E-state index in [0.717, 1.165) is 0 Å². The van der Waals surface area contributed by atoms with Crippen LogP contribution in [0.2, 0.25) is 0 Å². The van der Waals surface area contributed by atoms with Gasteiger partial charge < -0.3 is 15.4 Å². The van der Waals surface area contributed by atoms with Gasteiger partial charge in [-0.1, -0.05) is 0 Å². The van der Waals surface area contributed by atoms with Crippen LogP contribution in [0, 0.1) is 11.3 Å². The first-order valence-electron chi connectivity index (χ1n) is 6.99. The fraction of sp³-hybridized carbons (Fsp3) is 0.125. The van der Waals surface area contributed by atoms with Crippen LogP contribution in [0.5, 0.6) is 0 Å². The first-order valence-corrected chi connectivity index (χ1v) is 7.87. The summed E-state index contributed by atoms with van der Waals surface area (Å²) in [4.78, 5) is 27.6. The molecule has 8 heteroatoms. The van der Waals surface area contributed by atoms with Crippen LogP contribution in [0.25, 0.3) is 0 Å². The lowest BCUT2D eigenvalue weighted by Crippen LogP contribution is -2.14. The summed E-state index contributed by atoms with van der Waals surface area (Å²) in [7, 11) is 0. The summed E-state index contributed by atoms with van der Waals surface area (Å²) in [5.41, 5.74) is 0.749. The van der Waals surface area contributed by atoms with E-state index in [0.29, 0.717) is 23.0 Å². The summed E-state index contributed by atoms with van der Waals surface area (Å²) >= 11 is 1.35. The number of carbonyl (C=O) groups excluding carboxylic acids is 2. The molecule has 7 nitrogen and oxygen atoms in total. The third kappa shape index (κ3) is 4.66. The number of anilines is 2. The molecule has 1 aromatic heterocycles. The maximum absolute atomic E-state index is 12.1. The monoisotopic (exact) mass is 342 g/mol. The summed E-state index contributed by atoms with van der Waals surface area (Å²) in [5.74, 6) is -0.994. The van der Waals surface area contributed by atoms with Gasteiger partial charge in [0.2, 0.25) is 0 Å². The molecular weight excluding hydrogens is 328 g/mol. The molecule has 1 heterocycles. The molecule has 0 unspecified atom stereocenters. The average Bonchev–Trinajstić information content (AvgIpc) is 3.10. The maximum Gasteiger partial charge on any atom is 0.338 e. The van der Waals surface area contributed by atoms with E-state index in [9.17, 15) is 9.59 Å². The Morgan fingerprint density at radius 3 is 2.71 bits per heavy atom. The first-order chi connectivity index (χ1) is 11.6. The van der Waals surface area contributed by atoms with Crippen LogP contribution in [-0.2, 0) is 9.53 Å². The van der Waals surface area contributed by atoms with E-state index < -0.39 is 11.9 Å². The standard InChI is InChI=1S/C16H14N4O3S/c1-2-23-15(22)11-3-5-13(6-4-11)20-14(21)12(9-17)10-19-16-18-7-8-24-16/h3-8,10H,2H2,1H3,(H,18,19)(H,20,21)/b12-10-. The largest absolute Gasteiger partial charge is 0.462 e. The van der Waals surface area contributed by atoms with Crippen LogP contribution in [0.3, 0.4) is 0 Å². The number of carbonyl (C=O) groups is 2. The SMILES string of the molecule is CCOC(=O)c1ccc(NC(=O)/C(C#N)=C\Nc2nccs2)cc1. The Bertz CT molecular complexity index is 777. The molecule has 122 valence electrons. The van der Waals surface area contributed by atoms with Crippen molar-refractivity contribution >= 4 is 34.0 Å². The molecule has 2 rings (SSSR count). The number of amides is 1. The summed E-state index contributed by atoms with van der Waals surface area (Å²) in [6.45, 7) is 2.02. The molecule has 24 heavy (non-hydrogen) atoms. The Morgan fingerprint density at radius 2 is 2.12 bits per heavy atom. The zero-order chi connectivity index (χ0) is 17.4. The maximum atomic E-state index is 12.1. The lowest BCUT2D eigenvalue weighted by Gasteiger charge is -2.06. The second-order valence-corrected chi connectivity index (χ2v) is 5.30. The van der Waals surface area contributed by atoms with Gasteiger partial charge in [-0.15, -0.1) is 11.3 Å². The minimum Gasteiger partial charge on any atom is -0.462 e. The lowest BCUT2D eigenvalue weighted by molar-refractivity contribution is -0.112. The van der Waals surface area contributed by atoms with Gasteiger partial charge in [0.1, 0.15) is 11.6 Å². The summed E-state index contributed by atoms with van der Waals surface area (Å²) in [5, 5.41) is 16.8. The summed E-state index contributed by atoms with van der Waals surface area (Å²) in [6, 6.07) is 8.02. The number of aromatic nitrogens is 1. The Hall–Kier alpha value is -3.18. The number of nitrogens with one attached hydrogen (secondary N) is 2. The van der Waals surface area contributed by atoms with Crippen molar-refractivity contribution in [3.05, 3.63) is 53.2 Å². The molecule has 2 N–H and O–H groups in total. The molecule has 0 fully saturated rings. The van der Waals surface area contributed by atoms with Crippen molar-refractivity contribution in [3.8, 4) is 6.07 Å². The van der Waals surface area contributed by atoms with Gasteiger partial charge in [-0.3, -0.25) is 4.79 Å². The van der Waals surface area contributed by atoms with E-state index in [1.807, 2.05) is 6.07 Å². The van der Waals surface area contributed by atoms with Crippen molar-refractivity contribution in [2.24, 2.45) is 0 Å². The highest BCUT2D eigenvalue weighted by Gasteiger charge is 2.11. The lowest BCUT2D eigenvalue weighted by atomic mass is 10.2. The second kappa shape index (κ2) is 8.45. The third-order valence-corrected chi connectivity index (χ3v) is 3.50. The van der Waals surface area contributed by atoms with Crippen LogP contribution >= 0.6 is 11.3 Å². The number of hydrogen-bond donors (Lipinski definition) is 2. The van der Waals surface area contributed by atoms with E-state index in [1.54, 1.807) is 30.6 Å². The molecule has 1 aromatic carbocycles. The van der Waals surface area contributed by atoms with Crippen LogP contribution in [0.4, 0.5) is 10.8 Å². The summed E-state index contributed by atoms with van der Waals surface area (Å²) in [6.07, 6.45) is 2.90. The number of rotatable bonds is 6. The normalized spacial score (nSPS) is 10.6. The number of ether oxygens (including phenoxy) is 1. The zero-order valence-corrected chi connectivity index (χ0v) is 13.6. The molecule has 0 saturated heterocycles. The van der Waals surface area contributed by atoms with Crippen molar-refractivity contribution in [2.45, 2.75) is 6.92 Å². The molecule has 1 amide bonds. The molecule has 0 spiro atoms. The number of thiazole rings is 1. The fourth-order valence-corrected chi connectivity index (χ4v) is 2.18. The highest BCUT2D eigenvalue weighted by Crippen LogP contribution is 2.13. The zero-order valence-electron chi connectivity index (χ0n) is 12.8. The Labute approximate surface area is 142 Å². The van der Waals surface area contributed by atoms with Crippen LogP contribution in [0.1, 0.15) is 17.3 Å². The van der Waals surface area contributed by atoms with Crippen molar-refractivity contribution in [2.75, 3.05) is 17.2 Å². The molecule has 0 saturated carbocycles. The molecule has 0 aliphatic heterocycles. The number of nitriles is 1. The van der Waals surface area contributed by atoms with Gasteiger partial charge >= 0.3 is 5.97 Å². The van der Waals surface area contributed by atoms with Gasteiger partial charge in [-0.25, -0.2) is 9.78 Å². The predicted molar refractivity (Wildman–Crippen MR) is 90.5 cm³/mol. The van der Waals surface area contributed by atoms with Gasteiger partial charge in [0, 0.05) is 23.5 Å². The first kappa shape index (κ1) is 17.2. The van der Waals surface area contributed by atoms with Crippen LogP contribution in [-0.4, -0.2) is 23.5 Å². The summed E-state index contributed by atoms with van der Waals surface area (Å²) < 4.78 is 4.88. The predicted octanol–water partition coefficient (Wildman–Crippen LogP) is 2.78. The molecule has 0 radical (unpaired) electrons. The highest BCUT2D eigenvalue weighted by molar-refractivity contribution is 7.13. The molecule has 0 atom stereocenters. The van der Waals surface area contributed by atoms with Gasteiger partial charge in [0.25, 0.3) is 5.91 Å². The van der Waals surface area contributed by atoms with E-state index in [-0.39, 0.29) is 5.57 Å². The van der Waals surface area contributed by atoms with E-state index in [2.05, 4.69) is 15.6 Å². The van der Waals surface area contributed by atoms with E-state index in [4.69, 9.17) is 10.00 Å². The van der Waals surface area contributed by atoms with E-state index >= 15 is 0 Å². The minimum atomic E-state index is -0.564. The quantitative estimate of drug-likeness (QED) is 0.475. The smallest absolute Gasteiger partial charge is 0.338 e. The van der Waals surface area contributed by atoms with Gasteiger partial charge in [-0.2, -0.15) is 5.26 Å². The molecule has 0 aliphatic carbocycles. The second-order valence-electron chi connectivity index (χ2n) is 4.40. The Morgan fingerprint density at radius 1 is 1.38 bits per heavy atom. The molecule has 2 aromatic rings. The highest BCUT2D eigenvalue weighted by atomic mass is 32.1. The fourth-order valence-electron chi connectivity index (χ4n) is 1.68. The molecule has 0 aliphatic rings. The van der Waals surface area contributed by atoms with Crippen LogP contribution < -0.4 is 10.6 Å². The topological polar surface area (TPSA) is 104 Å². The van der Waals surface area contributed by atoms with Gasteiger partial charge in [-0.05, 0) is 31.2 Å². The van der Waals surface area contributed by atoms with Crippen LogP contribution in [0.15, 0.2) is 47.6 Å². The third-order valence-electron chi connectivity index (χ3n) is 2.79. The number of benzene rings is 1. The van der Waals surface area contributed by atoms with Crippen molar-refractivity contribution in [3.63, 3.8) is 0 Å². The van der Waals surface area contributed by atoms with Crippen molar-refractivity contribution in [1.29, 1.82) is 5.26 Å². The Kier molecular flexibility index (Phi) is 6.05. The van der Waals surface area contributed by atoms with E-state index in [1.165, 1.54) is 29.7 Å². The molecular formula is C16H14N4O3S. The van der Waals surface area contributed by atoms with Crippen molar-refractivity contribution in [1.82, 2.24) is 4.98 Å². The number of hydrogen-bond acceptors (Lipinski definition) is 7. The minimum absolute atomic E-state index is 0.0975. The van der Waals surface area contributed by atoms with Crippen molar-refractivity contribution < 1.29 is 14.3 Å². The Balaban J connectivity index is 2.01. The molecule has 0 bridgehead atoms.